The molecule has 2 N–H and O–H groups in total. The van der Waals surface area contributed by atoms with Crippen molar-refractivity contribution in [2.24, 2.45) is 5.73 Å². The Bertz CT molecular complexity index is 714. The largest absolute Gasteiger partial charge is 0.377 e. The SMILES string of the molecule is CCOC1CCN(c2c(C(N)=O)c(C)nc3ccccc23)C1. The molecule has 1 saturated heterocycles. The number of ether oxygens (including phenoxy) is 1. The summed E-state index contributed by atoms with van der Waals surface area (Å²) in [6.07, 6.45) is 1.17. The van der Waals surface area contributed by atoms with E-state index in [2.05, 4.69) is 9.88 Å². The molecular weight excluding hydrogens is 278 g/mol. The van der Waals surface area contributed by atoms with E-state index >= 15 is 0 Å². The topological polar surface area (TPSA) is 68.5 Å². The van der Waals surface area contributed by atoms with Gasteiger partial charge in [-0.05, 0) is 26.3 Å². The maximum atomic E-state index is 12.0. The normalized spacial score (nSPS) is 18.1. The first kappa shape index (κ1) is 14.8. The van der Waals surface area contributed by atoms with Crippen molar-refractivity contribution in [1.82, 2.24) is 4.98 Å². The highest BCUT2D eigenvalue weighted by molar-refractivity contribution is 6.08. The molecule has 1 unspecified atom stereocenters. The van der Waals surface area contributed by atoms with Crippen LogP contribution in [0.15, 0.2) is 24.3 Å². The minimum atomic E-state index is -0.425. The highest BCUT2D eigenvalue weighted by Gasteiger charge is 2.28. The Morgan fingerprint density at radius 3 is 2.95 bits per heavy atom. The quantitative estimate of drug-likeness (QED) is 0.940. The number of primary amides is 1. The van der Waals surface area contributed by atoms with Gasteiger partial charge in [0.25, 0.3) is 5.91 Å². The van der Waals surface area contributed by atoms with Gasteiger partial charge >= 0.3 is 0 Å². The molecule has 0 spiro atoms. The second-order valence-electron chi connectivity index (χ2n) is 5.61. The molecule has 5 heteroatoms. The third-order valence-corrected chi connectivity index (χ3v) is 4.16. The van der Waals surface area contributed by atoms with E-state index in [0.717, 1.165) is 36.1 Å². The molecule has 3 rings (SSSR count). The zero-order valence-corrected chi connectivity index (χ0v) is 13.0. The average molecular weight is 299 g/mol. The summed E-state index contributed by atoms with van der Waals surface area (Å²) in [7, 11) is 0. The monoisotopic (exact) mass is 299 g/mol. The predicted molar refractivity (Wildman–Crippen MR) is 87.2 cm³/mol. The second kappa shape index (κ2) is 5.93. The standard InChI is InChI=1S/C17H21N3O2/c1-3-22-12-8-9-20(10-12)16-13-6-4-5-7-14(13)19-11(2)15(16)17(18)21/h4-7,12H,3,8-10H2,1-2H3,(H2,18,21). The average Bonchev–Trinajstić information content (AvgIpc) is 2.94. The van der Waals surface area contributed by atoms with Crippen LogP contribution in [0.5, 0.6) is 0 Å². The van der Waals surface area contributed by atoms with Crippen LogP contribution in [0.3, 0.4) is 0 Å². The summed E-state index contributed by atoms with van der Waals surface area (Å²) in [6, 6.07) is 7.88. The van der Waals surface area contributed by atoms with Crippen molar-refractivity contribution in [3.8, 4) is 0 Å². The van der Waals surface area contributed by atoms with Crippen LogP contribution in [0.25, 0.3) is 10.9 Å². The maximum Gasteiger partial charge on any atom is 0.252 e. The summed E-state index contributed by atoms with van der Waals surface area (Å²) in [6.45, 7) is 6.19. The number of nitrogens with zero attached hydrogens (tertiary/aromatic N) is 2. The van der Waals surface area contributed by atoms with Gasteiger partial charge in [0.15, 0.2) is 0 Å². The lowest BCUT2D eigenvalue weighted by Gasteiger charge is -2.24. The fourth-order valence-electron chi connectivity index (χ4n) is 3.24. The van der Waals surface area contributed by atoms with E-state index in [1.165, 1.54) is 0 Å². The Morgan fingerprint density at radius 1 is 1.45 bits per heavy atom. The maximum absolute atomic E-state index is 12.0. The van der Waals surface area contributed by atoms with Gasteiger partial charge < -0.3 is 15.4 Å². The third-order valence-electron chi connectivity index (χ3n) is 4.16. The van der Waals surface area contributed by atoms with Gasteiger partial charge in [-0.2, -0.15) is 0 Å². The molecule has 0 aliphatic carbocycles. The van der Waals surface area contributed by atoms with Gasteiger partial charge in [-0.1, -0.05) is 18.2 Å². The second-order valence-corrected chi connectivity index (χ2v) is 5.61. The number of carbonyl (C=O) groups is 1. The first-order valence-corrected chi connectivity index (χ1v) is 7.67. The molecule has 1 amide bonds. The van der Waals surface area contributed by atoms with Crippen LogP contribution in [-0.4, -0.2) is 36.7 Å². The van der Waals surface area contributed by atoms with E-state index in [1.807, 2.05) is 38.1 Å². The van der Waals surface area contributed by atoms with Crippen LogP contribution < -0.4 is 10.6 Å². The summed E-state index contributed by atoms with van der Waals surface area (Å²) in [4.78, 5) is 18.7. The minimum absolute atomic E-state index is 0.206. The van der Waals surface area contributed by atoms with E-state index in [4.69, 9.17) is 10.5 Å². The van der Waals surface area contributed by atoms with Gasteiger partial charge in [-0.25, -0.2) is 0 Å². The van der Waals surface area contributed by atoms with Gasteiger partial charge in [-0.15, -0.1) is 0 Å². The van der Waals surface area contributed by atoms with Crippen molar-refractivity contribution in [1.29, 1.82) is 0 Å². The molecule has 1 atom stereocenters. The molecule has 1 aliphatic heterocycles. The molecule has 0 radical (unpaired) electrons. The number of pyridine rings is 1. The molecule has 22 heavy (non-hydrogen) atoms. The number of aryl methyl sites for hydroxylation is 1. The Kier molecular flexibility index (Phi) is 3.98. The van der Waals surface area contributed by atoms with Gasteiger partial charge in [0.05, 0.1) is 28.6 Å². The lowest BCUT2D eigenvalue weighted by atomic mass is 10.0. The van der Waals surface area contributed by atoms with Crippen LogP contribution in [-0.2, 0) is 4.74 Å². The van der Waals surface area contributed by atoms with Crippen LogP contribution in [0, 0.1) is 6.92 Å². The first-order valence-electron chi connectivity index (χ1n) is 7.67. The molecule has 1 aromatic carbocycles. The summed E-state index contributed by atoms with van der Waals surface area (Å²) < 4.78 is 5.72. The van der Waals surface area contributed by atoms with Gasteiger partial charge in [0.2, 0.25) is 0 Å². The summed E-state index contributed by atoms with van der Waals surface area (Å²) >= 11 is 0. The van der Waals surface area contributed by atoms with Crippen molar-refractivity contribution in [2.45, 2.75) is 26.4 Å². The molecule has 1 aromatic heterocycles. The van der Waals surface area contributed by atoms with Crippen LogP contribution in [0.4, 0.5) is 5.69 Å². The Morgan fingerprint density at radius 2 is 2.23 bits per heavy atom. The number of para-hydroxylation sites is 1. The van der Waals surface area contributed by atoms with Gasteiger partial charge in [0.1, 0.15) is 0 Å². The smallest absolute Gasteiger partial charge is 0.252 e. The zero-order chi connectivity index (χ0) is 15.7. The number of carbonyl (C=O) groups excluding carboxylic acids is 1. The molecule has 2 aromatic rings. The summed E-state index contributed by atoms with van der Waals surface area (Å²) in [5.74, 6) is -0.425. The molecule has 5 nitrogen and oxygen atoms in total. The fourth-order valence-corrected chi connectivity index (χ4v) is 3.24. The molecule has 2 heterocycles. The number of aromatic nitrogens is 1. The van der Waals surface area contributed by atoms with Crippen LogP contribution in [0.1, 0.15) is 29.4 Å². The van der Waals surface area contributed by atoms with E-state index < -0.39 is 5.91 Å². The molecular formula is C17H21N3O2. The summed E-state index contributed by atoms with van der Waals surface area (Å²) in [5.41, 5.74) is 8.63. The number of rotatable bonds is 4. The molecule has 116 valence electrons. The molecule has 1 aliphatic rings. The highest BCUT2D eigenvalue weighted by Crippen LogP contribution is 2.34. The van der Waals surface area contributed by atoms with Crippen molar-refractivity contribution in [3.05, 3.63) is 35.5 Å². The number of fused-ring (bicyclic) bond motifs is 1. The van der Waals surface area contributed by atoms with Crippen molar-refractivity contribution < 1.29 is 9.53 Å². The highest BCUT2D eigenvalue weighted by atomic mass is 16.5. The van der Waals surface area contributed by atoms with E-state index in [9.17, 15) is 4.79 Å². The number of amides is 1. The number of hydrogen-bond acceptors (Lipinski definition) is 4. The number of hydrogen-bond donors (Lipinski definition) is 1. The van der Waals surface area contributed by atoms with Crippen LogP contribution >= 0.6 is 0 Å². The summed E-state index contributed by atoms with van der Waals surface area (Å²) in [5, 5.41) is 0.971. The van der Waals surface area contributed by atoms with E-state index in [1.54, 1.807) is 0 Å². The zero-order valence-electron chi connectivity index (χ0n) is 13.0. The molecule has 0 bridgehead atoms. The number of anilines is 1. The van der Waals surface area contributed by atoms with Crippen molar-refractivity contribution in [3.63, 3.8) is 0 Å². The van der Waals surface area contributed by atoms with Crippen LogP contribution in [0.2, 0.25) is 0 Å². The Labute approximate surface area is 130 Å². The van der Waals surface area contributed by atoms with E-state index in [-0.39, 0.29) is 6.10 Å². The van der Waals surface area contributed by atoms with Gasteiger partial charge in [-0.3, -0.25) is 9.78 Å². The first-order chi connectivity index (χ1) is 10.6. The number of benzene rings is 1. The van der Waals surface area contributed by atoms with E-state index in [0.29, 0.717) is 17.9 Å². The lowest BCUT2D eigenvalue weighted by molar-refractivity contribution is 0.0787. The number of nitrogens with two attached hydrogens (primary N) is 1. The van der Waals surface area contributed by atoms with Crippen molar-refractivity contribution in [2.75, 3.05) is 24.6 Å². The molecule has 0 saturated carbocycles. The third kappa shape index (κ3) is 2.52. The predicted octanol–water partition coefficient (Wildman–Crippen LogP) is 2.26. The minimum Gasteiger partial charge on any atom is -0.377 e. The molecule has 1 fully saturated rings. The van der Waals surface area contributed by atoms with Crippen molar-refractivity contribution >= 4 is 22.5 Å². The fraction of sp³-hybridized carbons (Fsp3) is 0.412. The Balaban J connectivity index is 2.14. The lowest BCUT2D eigenvalue weighted by Crippen LogP contribution is -2.27. The van der Waals surface area contributed by atoms with Gasteiger partial charge in [0, 0.05) is 25.1 Å². The Hall–Kier alpha value is -2.14.